The van der Waals surface area contributed by atoms with E-state index in [2.05, 4.69) is 4.98 Å². The van der Waals surface area contributed by atoms with Gasteiger partial charge < -0.3 is 0 Å². The third-order valence-corrected chi connectivity index (χ3v) is 3.81. The number of rotatable bonds is 1. The first-order valence-electron chi connectivity index (χ1n) is 3.84. The lowest BCUT2D eigenvalue weighted by molar-refractivity contribution is 0.112. The van der Waals surface area contributed by atoms with E-state index >= 15 is 0 Å². The Morgan fingerprint density at radius 1 is 1.50 bits per heavy atom. The summed E-state index contributed by atoms with van der Waals surface area (Å²) in [6.07, 6.45) is 0.679. The van der Waals surface area contributed by atoms with E-state index in [-0.39, 0.29) is 5.15 Å². The quantitative estimate of drug-likeness (QED) is 0.566. The second kappa shape index (κ2) is 3.50. The number of nitrogens with zero attached hydrogens (tertiary/aromatic N) is 1. The maximum Gasteiger partial charge on any atom is 0.153 e. The zero-order valence-electron chi connectivity index (χ0n) is 7.17. The van der Waals surface area contributed by atoms with E-state index in [0.29, 0.717) is 16.9 Å². The van der Waals surface area contributed by atoms with Crippen molar-refractivity contribution >= 4 is 51.0 Å². The van der Waals surface area contributed by atoms with Gasteiger partial charge in [-0.25, -0.2) is 4.98 Å². The minimum atomic E-state index is 0.227. The van der Waals surface area contributed by atoms with Gasteiger partial charge in [0.2, 0.25) is 0 Å². The first-order valence-corrected chi connectivity index (χ1v) is 5.41. The average molecular weight is 246 g/mol. The molecule has 0 N–H and O–H groups in total. The number of pyridine rings is 1. The van der Waals surface area contributed by atoms with Crippen LogP contribution in [0.15, 0.2) is 6.07 Å². The number of aryl methyl sites for hydroxylation is 1. The topological polar surface area (TPSA) is 30.0 Å². The van der Waals surface area contributed by atoms with Gasteiger partial charge in [0.15, 0.2) is 6.29 Å². The molecule has 2 aromatic rings. The van der Waals surface area contributed by atoms with Gasteiger partial charge >= 0.3 is 0 Å². The molecule has 0 aliphatic rings. The zero-order chi connectivity index (χ0) is 10.3. The number of hydrogen-bond donors (Lipinski definition) is 0. The molecule has 0 unspecified atom stereocenters. The van der Waals surface area contributed by atoms with Crippen molar-refractivity contribution in [3.8, 4) is 0 Å². The van der Waals surface area contributed by atoms with Gasteiger partial charge in [0.05, 0.1) is 10.6 Å². The molecule has 14 heavy (non-hydrogen) atoms. The number of fused-ring (bicyclic) bond motifs is 1. The standard InChI is InChI=1S/C9H5Cl2NOS/c1-4-7(10)6-2-5(3-13)8(11)12-9(6)14-4/h2-3H,1H3. The van der Waals surface area contributed by atoms with Crippen molar-refractivity contribution in [1.82, 2.24) is 4.98 Å². The van der Waals surface area contributed by atoms with E-state index in [1.807, 2.05) is 6.92 Å². The average Bonchev–Trinajstić information content (AvgIpc) is 2.41. The summed E-state index contributed by atoms with van der Waals surface area (Å²) in [7, 11) is 0. The van der Waals surface area contributed by atoms with Crippen molar-refractivity contribution in [2.24, 2.45) is 0 Å². The highest BCUT2D eigenvalue weighted by Crippen LogP contribution is 2.35. The van der Waals surface area contributed by atoms with Crippen molar-refractivity contribution in [2.45, 2.75) is 6.92 Å². The molecule has 0 radical (unpaired) electrons. The van der Waals surface area contributed by atoms with E-state index < -0.39 is 0 Å². The SMILES string of the molecule is Cc1sc2nc(Cl)c(C=O)cc2c1Cl. The van der Waals surface area contributed by atoms with Gasteiger partial charge in [-0.3, -0.25) is 4.79 Å². The van der Waals surface area contributed by atoms with Crippen molar-refractivity contribution in [2.75, 3.05) is 0 Å². The third-order valence-electron chi connectivity index (χ3n) is 1.89. The Labute approximate surface area is 94.5 Å². The summed E-state index contributed by atoms with van der Waals surface area (Å²) < 4.78 is 0. The van der Waals surface area contributed by atoms with Gasteiger partial charge in [-0.15, -0.1) is 11.3 Å². The molecule has 2 nitrogen and oxygen atoms in total. The van der Waals surface area contributed by atoms with Crippen LogP contribution in [0.25, 0.3) is 10.2 Å². The highest BCUT2D eigenvalue weighted by atomic mass is 35.5. The minimum Gasteiger partial charge on any atom is -0.298 e. The summed E-state index contributed by atoms with van der Waals surface area (Å²) in [6, 6.07) is 1.67. The van der Waals surface area contributed by atoms with E-state index in [0.717, 1.165) is 15.1 Å². The van der Waals surface area contributed by atoms with E-state index in [9.17, 15) is 4.79 Å². The first-order chi connectivity index (χ1) is 6.63. The van der Waals surface area contributed by atoms with Gasteiger partial charge in [-0.2, -0.15) is 0 Å². The Morgan fingerprint density at radius 3 is 2.86 bits per heavy atom. The molecule has 0 aromatic carbocycles. The molecular weight excluding hydrogens is 241 g/mol. The lowest BCUT2D eigenvalue weighted by atomic mass is 10.2. The molecule has 0 aliphatic heterocycles. The van der Waals surface area contributed by atoms with Gasteiger partial charge in [0, 0.05) is 10.3 Å². The minimum absolute atomic E-state index is 0.227. The Bertz CT molecular complexity index is 521. The van der Waals surface area contributed by atoms with Crippen LogP contribution in [0.3, 0.4) is 0 Å². The van der Waals surface area contributed by atoms with Crippen LogP contribution in [0, 0.1) is 6.92 Å². The van der Waals surface area contributed by atoms with Crippen LogP contribution in [-0.2, 0) is 0 Å². The molecule has 2 aromatic heterocycles. The van der Waals surface area contributed by atoms with Crippen molar-refractivity contribution in [3.05, 3.63) is 26.7 Å². The second-order valence-corrected chi connectivity index (χ2v) is 4.75. The fourth-order valence-corrected chi connectivity index (χ4v) is 2.63. The van der Waals surface area contributed by atoms with E-state index in [1.54, 1.807) is 6.07 Å². The summed E-state index contributed by atoms with van der Waals surface area (Å²) in [5, 5.41) is 1.67. The predicted octanol–water partition coefficient (Wildman–Crippen LogP) is 3.72. The molecule has 0 saturated carbocycles. The van der Waals surface area contributed by atoms with Crippen LogP contribution in [0.4, 0.5) is 0 Å². The molecule has 0 bridgehead atoms. The van der Waals surface area contributed by atoms with Crippen LogP contribution >= 0.6 is 34.5 Å². The number of hydrogen-bond acceptors (Lipinski definition) is 3. The predicted molar refractivity (Wildman–Crippen MR) is 59.8 cm³/mol. The zero-order valence-corrected chi connectivity index (χ0v) is 9.50. The second-order valence-electron chi connectivity index (χ2n) is 2.81. The van der Waals surface area contributed by atoms with Crippen LogP contribution < -0.4 is 0 Å². The molecule has 0 amide bonds. The molecule has 2 heterocycles. The molecular formula is C9H5Cl2NOS. The highest BCUT2D eigenvalue weighted by Gasteiger charge is 2.11. The van der Waals surface area contributed by atoms with Crippen molar-refractivity contribution in [3.63, 3.8) is 0 Å². The summed E-state index contributed by atoms with van der Waals surface area (Å²) >= 11 is 13.3. The number of aromatic nitrogens is 1. The van der Waals surface area contributed by atoms with Crippen LogP contribution in [0.1, 0.15) is 15.2 Å². The first kappa shape index (κ1) is 9.90. The number of aldehydes is 1. The molecule has 0 atom stereocenters. The lowest BCUT2D eigenvalue weighted by Crippen LogP contribution is -1.85. The normalized spacial score (nSPS) is 10.8. The summed E-state index contributed by atoms with van der Waals surface area (Å²) in [5.41, 5.74) is 0.374. The Kier molecular flexibility index (Phi) is 2.47. The number of halogens is 2. The smallest absolute Gasteiger partial charge is 0.153 e. The van der Waals surface area contributed by atoms with Crippen molar-refractivity contribution < 1.29 is 4.79 Å². The molecule has 2 rings (SSSR count). The summed E-state index contributed by atoms with van der Waals surface area (Å²) in [4.78, 5) is 16.5. The number of carbonyl (C=O) groups is 1. The highest BCUT2D eigenvalue weighted by molar-refractivity contribution is 7.19. The molecule has 0 spiro atoms. The van der Waals surface area contributed by atoms with Crippen LogP contribution in [-0.4, -0.2) is 11.3 Å². The van der Waals surface area contributed by atoms with Gasteiger partial charge in [0.25, 0.3) is 0 Å². The van der Waals surface area contributed by atoms with E-state index in [4.69, 9.17) is 23.2 Å². The van der Waals surface area contributed by atoms with E-state index in [1.165, 1.54) is 11.3 Å². The van der Waals surface area contributed by atoms with Gasteiger partial charge in [-0.1, -0.05) is 23.2 Å². The monoisotopic (exact) mass is 245 g/mol. The largest absolute Gasteiger partial charge is 0.298 e. The number of thiophene rings is 1. The molecule has 72 valence electrons. The summed E-state index contributed by atoms with van der Waals surface area (Å²) in [5.74, 6) is 0. The number of carbonyl (C=O) groups excluding carboxylic acids is 1. The maximum absolute atomic E-state index is 10.6. The van der Waals surface area contributed by atoms with Gasteiger partial charge in [-0.05, 0) is 13.0 Å². The lowest BCUT2D eigenvalue weighted by Gasteiger charge is -1.95. The fourth-order valence-electron chi connectivity index (χ4n) is 1.19. The molecule has 0 fully saturated rings. The van der Waals surface area contributed by atoms with Gasteiger partial charge in [0.1, 0.15) is 9.98 Å². The maximum atomic E-state index is 10.6. The van der Waals surface area contributed by atoms with Crippen LogP contribution in [0.5, 0.6) is 0 Å². The van der Waals surface area contributed by atoms with Crippen LogP contribution in [0.2, 0.25) is 10.2 Å². The molecule has 5 heteroatoms. The third kappa shape index (κ3) is 1.41. The Morgan fingerprint density at radius 2 is 2.21 bits per heavy atom. The molecule has 0 aliphatic carbocycles. The van der Waals surface area contributed by atoms with Crippen molar-refractivity contribution in [1.29, 1.82) is 0 Å². The Balaban J connectivity index is 2.86. The fraction of sp³-hybridized carbons (Fsp3) is 0.111. The molecule has 0 saturated heterocycles. The Hall–Kier alpha value is -0.640. The summed E-state index contributed by atoms with van der Waals surface area (Å²) in [6.45, 7) is 1.91.